The highest BCUT2D eigenvalue weighted by atomic mass is 16.5. The molecular formula is C16H19NO5. The molecule has 0 atom stereocenters. The molecule has 2 rings (SSSR count). The molecule has 0 spiro atoms. The number of rotatable bonds is 4. The minimum atomic E-state index is -1.07. The summed E-state index contributed by atoms with van der Waals surface area (Å²) in [6.45, 7) is 1.48. The van der Waals surface area contributed by atoms with Crippen molar-refractivity contribution in [2.75, 3.05) is 19.0 Å². The number of aryl methyl sites for hydroxylation is 1. The third kappa shape index (κ3) is 3.78. The molecule has 6 nitrogen and oxygen atoms in total. The highest BCUT2D eigenvalue weighted by Gasteiger charge is 2.19. The van der Waals surface area contributed by atoms with E-state index >= 15 is 0 Å². The quantitative estimate of drug-likeness (QED) is 0.832. The van der Waals surface area contributed by atoms with Crippen LogP contribution in [0.15, 0.2) is 23.9 Å². The van der Waals surface area contributed by atoms with Crippen molar-refractivity contribution in [2.24, 2.45) is 0 Å². The summed E-state index contributed by atoms with van der Waals surface area (Å²) in [7, 11) is 1.31. The molecule has 118 valence electrons. The number of hydrogen-bond donors (Lipinski definition) is 2. The van der Waals surface area contributed by atoms with E-state index in [9.17, 15) is 9.59 Å². The van der Waals surface area contributed by atoms with Gasteiger partial charge >= 0.3 is 11.9 Å². The number of carboxylic acids is 1. The third-order valence-corrected chi connectivity index (χ3v) is 3.38. The van der Waals surface area contributed by atoms with Crippen molar-refractivity contribution >= 4 is 17.6 Å². The summed E-state index contributed by atoms with van der Waals surface area (Å²) in [5, 5.41) is 11.9. The summed E-state index contributed by atoms with van der Waals surface area (Å²) < 4.78 is 10.0. The van der Waals surface area contributed by atoms with Crippen molar-refractivity contribution in [2.45, 2.75) is 26.2 Å². The number of allylic oxidation sites excluding steroid dienone is 2. The van der Waals surface area contributed by atoms with Crippen LogP contribution < -0.4 is 10.1 Å². The first-order chi connectivity index (χ1) is 10.5. The van der Waals surface area contributed by atoms with Gasteiger partial charge < -0.3 is 19.9 Å². The Morgan fingerprint density at radius 1 is 1.36 bits per heavy atom. The molecule has 1 heterocycles. The Labute approximate surface area is 128 Å². The smallest absolute Gasteiger partial charge is 0.341 e. The van der Waals surface area contributed by atoms with E-state index in [-0.39, 0.29) is 0 Å². The Kier molecular flexibility index (Phi) is 5.04. The SMILES string of the molecule is COC(=O)c1cc(OCC(=O)O)cc2c1N/C(C)=C/CCC2. The number of anilines is 1. The van der Waals surface area contributed by atoms with Crippen molar-refractivity contribution < 1.29 is 24.2 Å². The fraction of sp³-hybridized carbons (Fsp3) is 0.375. The minimum Gasteiger partial charge on any atom is -0.482 e. The predicted molar refractivity (Wildman–Crippen MR) is 81.2 cm³/mol. The molecule has 1 aromatic carbocycles. The van der Waals surface area contributed by atoms with Crippen LogP contribution in [-0.4, -0.2) is 30.8 Å². The molecule has 1 aromatic rings. The third-order valence-electron chi connectivity index (χ3n) is 3.38. The van der Waals surface area contributed by atoms with Gasteiger partial charge in [0.05, 0.1) is 18.4 Å². The van der Waals surface area contributed by atoms with Crippen molar-refractivity contribution in [1.29, 1.82) is 0 Å². The monoisotopic (exact) mass is 305 g/mol. The van der Waals surface area contributed by atoms with Crippen LogP contribution in [0, 0.1) is 0 Å². The average Bonchev–Trinajstić information content (AvgIpc) is 2.47. The van der Waals surface area contributed by atoms with Crippen LogP contribution in [0.2, 0.25) is 0 Å². The molecule has 0 saturated heterocycles. The van der Waals surface area contributed by atoms with Crippen molar-refractivity contribution in [3.05, 3.63) is 35.0 Å². The molecule has 0 saturated carbocycles. The molecule has 0 radical (unpaired) electrons. The second-order valence-electron chi connectivity index (χ2n) is 5.08. The standard InChI is InChI=1S/C16H19NO5/c1-10-5-3-4-6-11-7-12(22-9-14(18)19)8-13(15(11)17-10)16(20)21-2/h5,7-8,17H,3-4,6,9H2,1-2H3,(H,18,19)/b10-5+. The zero-order chi connectivity index (χ0) is 16.1. The summed E-state index contributed by atoms with van der Waals surface area (Å²) in [5.41, 5.74) is 2.92. The Bertz CT molecular complexity index is 621. The fourth-order valence-electron chi connectivity index (χ4n) is 2.38. The van der Waals surface area contributed by atoms with Gasteiger partial charge in [-0.15, -0.1) is 0 Å². The first kappa shape index (κ1) is 15.9. The molecule has 0 aromatic heterocycles. The second-order valence-corrected chi connectivity index (χ2v) is 5.08. The number of fused-ring (bicyclic) bond motifs is 1. The Morgan fingerprint density at radius 3 is 2.82 bits per heavy atom. The van der Waals surface area contributed by atoms with Gasteiger partial charge in [0.15, 0.2) is 6.61 Å². The fourth-order valence-corrected chi connectivity index (χ4v) is 2.38. The largest absolute Gasteiger partial charge is 0.482 e. The van der Waals surface area contributed by atoms with Gasteiger partial charge in [0, 0.05) is 5.70 Å². The zero-order valence-corrected chi connectivity index (χ0v) is 12.6. The van der Waals surface area contributed by atoms with E-state index in [0.29, 0.717) is 17.0 Å². The number of benzene rings is 1. The first-order valence-corrected chi connectivity index (χ1v) is 7.05. The molecule has 0 aliphatic carbocycles. The van der Waals surface area contributed by atoms with E-state index in [1.807, 2.05) is 6.92 Å². The van der Waals surface area contributed by atoms with Gasteiger partial charge in [-0.2, -0.15) is 0 Å². The van der Waals surface area contributed by atoms with Gasteiger partial charge in [-0.1, -0.05) is 6.08 Å². The lowest BCUT2D eigenvalue weighted by Gasteiger charge is -2.20. The van der Waals surface area contributed by atoms with Crippen LogP contribution >= 0.6 is 0 Å². The van der Waals surface area contributed by atoms with E-state index in [1.54, 1.807) is 6.07 Å². The number of esters is 1. The maximum atomic E-state index is 12.0. The second kappa shape index (κ2) is 6.98. The number of hydrogen-bond acceptors (Lipinski definition) is 5. The summed E-state index contributed by atoms with van der Waals surface area (Å²) in [6, 6.07) is 3.28. The Hall–Kier alpha value is -2.50. The predicted octanol–water partition coefficient (Wildman–Crippen LogP) is 2.59. The highest BCUT2D eigenvalue weighted by molar-refractivity contribution is 5.97. The highest BCUT2D eigenvalue weighted by Crippen LogP contribution is 2.31. The Morgan fingerprint density at radius 2 is 2.14 bits per heavy atom. The molecule has 0 amide bonds. The topological polar surface area (TPSA) is 84.9 Å². The van der Waals surface area contributed by atoms with Gasteiger partial charge in [-0.05, 0) is 43.9 Å². The van der Waals surface area contributed by atoms with Crippen LogP contribution in [0.4, 0.5) is 5.69 Å². The maximum Gasteiger partial charge on any atom is 0.341 e. The van der Waals surface area contributed by atoms with Crippen LogP contribution in [-0.2, 0) is 16.0 Å². The number of ether oxygens (including phenoxy) is 2. The van der Waals surface area contributed by atoms with Gasteiger partial charge in [0.1, 0.15) is 5.75 Å². The Balaban J connectivity index is 2.45. The molecule has 6 heteroatoms. The maximum absolute atomic E-state index is 12.0. The number of carbonyl (C=O) groups is 2. The average molecular weight is 305 g/mol. The molecule has 0 fully saturated rings. The van der Waals surface area contributed by atoms with Crippen molar-refractivity contribution in [3.63, 3.8) is 0 Å². The molecule has 1 aliphatic heterocycles. The number of nitrogens with one attached hydrogen (secondary N) is 1. The normalized spacial score (nSPS) is 16.2. The number of aliphatic carboxylic acids is 1. The lowest BCUT2D eigenvalue weighted by Crippen LogP contribution is -2.14. The summed E-state index contributed by atoms with van der Waals surface area (Å²) in [5.74, 6) is -1.20. The summed E-state index contributed by atoms with van der Waals surface area (Å²) in [4.78, 5) is 22.7. The summed E-state index contributed by atoms with van der Waals surface area (Å²) >= 11 is 0. The van der Waals surface area contributed by atoms with Crippen LogP contribution in [0.25, 0.3) is 0 Å². The number of carboxylic acid groups (broad SMARTS) is 1. The molecule has 2 N–H and O–H groups in total. The molecule has 1 aliphatic rings. The molecular weight excluding hydrogens is 286 g/mol. The minimum absolute atomic E-state index is 0.343. The number of methoxy groups -OCH3 is 1. The first-order valence-electron chi connectivity index (χ1n) is 7.05. The van der Waals surface area contributed by atoms with E-state index in [1.165, 1.54) is 13.2 Å². The van der Waals surface area contributed by atoms with Gasteiger partial charge in [-0.3, -0.25) is 0 Å². The van der Waals surface area contributed by atoms with E-state index in [4.69, 9.17) is 14.6 Å². The lowest BCUT2D eigenvalue weighted by molar-refractivity contribution is -0.139. The van der Waals surface area contributed by atoms with E-state index in [0.717, 1.165) is 30.5 Å². The summed E-state index contributed by atoms with van der Waals surface area (Å²) in [6.07, 6.45) is 4.72. The van der Waals surface area contributed by atoms with E-state index in [2.05, 4.69) is 11.4 Å². The van der Waals surface area contributed by atoms with Gasteiger partial charge in [0.2, 0.25) is 0 Å². The van der Waals surface area contributed by atoms with Crippen LogP contribution in [0.3, 0.4) is 0 Å². The van der Waals surface area contributed by atoms with Crippen molar-refractivity contribution in [1.82, 2.24) is 0 Å². The van der Waals surface area contributed by atoms with Crippen molar-refractivity contribution in [3.8, 4) is 5.75 Å². The number of carbonyl (C=O) groups excluding carboxylic acids is 1. The van der Waals surface area contributed by atoms with Gasteiger partial charge in [-0.25, -0.2) is 9.59 Å². The van der Waals surface area contributed by atoms with Crippen LogP contribution in [0.1, 0.15) is 35.7 Å². The van der Waals surface area contributed by atoms with E-state index < -0.39 is 18.5 Å². The molecule has 0 bridgehead atoms. The molecule has 0 unspecified atom stereocenters. The van der Waals surface area contributed by atoms with Crippen LogP contribution in [0.5, 0.6) is 5.75 Å². The van der Waals surface area contributed by atoms with Gasteiger partial charge in [0.25, 0.3) is 0 Å². The lowest BCUT2D eigenvalue weighted by atomic mass is 9.99. The zero-order valence-electron chi connectivity index (χ0n) is 12.6. The molecule has 22 heavy (non-hydrogen) atoms.